The first-order valence-corrected chi connectivity index (χ1v) is 14.7. The van der Waals surface area contributed by atoms with Gasteiger partial charge in [-0.25, -0.2) is 4.68 Å². The predicted octanol–water partition coefficient (Wildman–Crippen LogP) is 6.98. The van der Waals surface area contributed by atoms with Crippen molar-refractivity contribution < 1.29 is 13.2 Å². The van der Waals surface area contributed by atoms with E-state index in [0.29, 0.717) is 39.9 Å². The van der Waals surface area contributed by atoms with E-state index in [1.165, 1.54) is 12.4 Å². The number of nitrogens with one attached hydrogen (secondary N) is 3. The molecule has 10 nitrogen and oxygen atoms in total. The van der Waals surface area contributed by atoms with Crippen LogP contribution in [0.1, 0.15) is 67.6 Å². The summed E-state index contributed by atoms with van der Waals surface area (Å²) in [6.45, 7) is 8.65. The second kappa shape index (κ2) is 11.2. The van der Waals surface area contributed by atoms with E-state index < -0.39 is 17.8 Å². The van der Waals surface area contributed by atoms with E-state index in [9.17, 15) is 23.7 Å². The van der Waals surface area contributed by atoms with Gasteiger partial charge in [-0.1, -0.05) is 44.2 Å². The van der Waals surface area contributed by atoms with Crippen LogP contribution in [-0.4, -0.2) is 42.9 Å². The van der Waals surface area contributed by atoms with Crippen molar-refractivity contribution in [2.45, 2.75) is 58.3 Å². The van der Waals surface area contributed by atoms with E-state index in [0.717, 1.165) is 26.9 Å². The quantitative estimate of drug-likeness (QED) is 0.168. The number of pyridine rings is 1. The van der Waals surface area contributed by atoms with Gasteiger partial charge >= 0.3 is 6.18 Å². The zero-order chi connectivity index (χ0) is 32.9. The number of alkyl halides is 3. The third-order valence-corrected chi connectivity index (χ3v) is 8.31. The fourth-order valence-electron chi connectivity index (χ4n) is 5.63. The van der Waals surface area contributed by atoms with Crippen LogP contribution in [-0.2, 0) is 5.54 Å². The number of H-pyrrole nitrogens is 1. The minimum absolute atomic E-state index is 0.0727. The maximum atomic E-state index is 14.0. The molecule has 0 spiro atoms. The van der Waals surface area contributed by atoms with Crippen molar-refractivity contribution in [1.82, 2.24) is 30.2 Å². The first-order valence-electron chi connectivity index (χ1n) is 14.7. The number of nitrogens with zero attached hydrogens (tertiary/aromatic N) is 7. The molecule has 5 aromatic rings. The lowest BCUT2D eigenvalue weighted by atomic mass is 9.92. The summed E-state index contributed by atoms with van der Waals surface area (Å²) in [7, 11) is 0. The Balaban J connectivity index is 1.52. The van der Waals surface area contributed by atoms with E-state index in [4.69, 9.17) is 0 Å². The van der Waals surface area contributed by atoms with Gasteiger partial charge in [-0.3, -0.25) is 10.1 Å². The van der Waals surface area contributed by atoms with Crippen molar-refractivity contribution >= 4 is 22.3 Å². The molecule has 1 saturated carbocycles. The normalized spacial score (nSPS) is 14.8. The molecule has 0 amide bonds. The van der Waals surface area contributed by atoms with Gasteiger partial charge < -0.3 is 10.6 Å². The Hall–Kier alpha value is -5.43. The summed E-state index contributed by atoms with van der Waals surface area (Å²) in [4.78, 5) is 4.60. The van der Waals surface area contributed by atoms with Gasteiger partial charge in [-0.05, 0) is 54.0 Å². The molecule has 1 aliphatic rings. The molecule has 0 bridgehead atoms. The highest BCUT2D eigenvalue weighted by molar-refractivity contribution is 6.01. The molecule has 3 aromatic heterocycles. The van der Waals surface area contributed by atoms with Gasteiger partial charge in [-0.15, -0.1) is 5.10 Å². The van der Waals surface area contributed by atoms with Crippen LogP contribution in [0.25, 0.3) is 22.0 Å². The molecule has 1 aliphatic carbocycles. The number of fused-ring (bicyclic) bond motifs is 1. The highest BCUT2D eigenvalue weighted by Gasteiger charge is 2.66. The van der Waals surface area contributed by atoms with E-state index >= 15 is 0 Å². The Bertz CT molecular complexity index is 2000. The molecule has 1 atom stereocenters. The third kappa shape index (κ3) is 5.49. The Kier molecular flexibility index (Phi) is 7.43. The summed E-state index contributed by atoms with van der Waals surface area (Å²) in [5, 5.41) is 42.4. The smallest absolute Gasteiger partial charge is 0.383 e. The van der Waals surface area contributed by atoms with Crippen LogP contribution in [0.4, 0.5) is 24.5 Å². The zero-order valence-electron chi connectivity index (χ0n) is 25.7. The van der Waals surface area contributed by atoms with Gasteiger partial charge in [0.15, 0.2) is 5.54 Å². The molecule has 0 aliphatic heterocycles. The monoisotopic (exact) mass is 624 g/mol. The maximum absolute atomic E-state index is 14.0. The molecule has 2 aromatic carbocycles. The average Bonchev–Trinajstić information content (AvgIpc) is 3.41. The van der Waals surface area contributed by atoms with Crippen molar-refractivity contribution in [2.24, 2.45) is 5.41 Å². The second-order valence-corrected chi connectivity index (χ2v) is 12.8. The van der Waals surface area contributed by atoms with Gasteiger partial charge in [-0.2, -0.15) is 28.8 Å². The summed E-state index contributed by atoms with van der Waals surface area (Å²) in [5.41, 5.74) is 3.47. The first-order chi connectivity index (χ1) is 21.8. The number of nitriles is 2. The number of anilines is 2. The third-order valence-electron chi connectivity index (χ3n) is 8.31. The maximum Gasteiger partial charge on any atom is 0.413 e. The summed E-state index contributed by atoms with van der Waals surface area (Å²) in [6.07, 6.45) is 1.65. The number of aromatic amines is 1. The van der Waals surface area contributed by atoms with E-state index in [2.05, 4.69) is 69.0 Å². The molecule has 13 heteroatoms. The minimum Gasteiger partial charge on any atom is -0.383 e. The lowest BCUT2D eigenvalue weighted by molar-refractivity contribution is -0.182. The van der Waals surface area contributed by atoms with Crippen LogP contribution in [0, 0.1) is 35.0 Å². The molecule has 0 saturated heterocycles. The topological polar surface area (TPSA) is 144 Å². The molecule has 1 fully saturated rings. The summed E-state index contributed by atoms with van der Waals surface area (Å²) in [5.74, 6) is 0. The lowest BCUT2D eigenvalue weighted by Crippen LogP contribution is -2.35. The van der Waals surface area contributed by atoms with Crippen LogP contribution in [0.3, 0.4) is 0 Å². The Morgan fingerprint density at radius 1 is 1.11 bits per heavy atom. The molecule has 46 heavy (non-hydrogen) atoms. The van der Waals surface area contributed by atoms with Crippen molar-refractivity contribution in [1.29, 1.82) is 10.5 Å². The Labute approximate surface area is 263 Å². The first kappa shape index (κ1) is 30.6. The van der Waals surface area contributed by atoms with Crippen LogP contribution in [0.15, 0.2) is 55.1 Å². The van der Waals surface area contributed by atoms with Gasteiger partial charge in [0.1, 0.15) is 11.8 Å². The predicted molar refractivity (Wildman–Crippen MR) is 167 cm³/mol. The molecule has 234 valence electrons. The van der Waals surface area contributed by atoms with Gasteiger partial charge in [0, 0.05) is 29.9 Å². The molecule has 0 radical (unpaired) electrons. The van der Waals surface area contributed by atoms with Crippen LogP contribution in [0.5, 0.6) is 0 Å². The molecular formula is C33H31F3N10. The largest absolute Gasteiger partial charge is 0.413 e. The van der Waals surface area contributed by atoms with Crippen LogP contribution < -0.4 is 10.6 Å². The second-order valence-electron chi connectivity index (χ2n) is 12.8. The number of halogens is 3. The average molecular weight is 625 g/mol. The fourth-order valence-corrected chi connectivity index (χ4v) is 5.63. The SMILES string of the molecule is Cc1c(-c2cn[nH]c2)cccc1[C@H](Nc1cc(C#N)cc2c(NCC(C)(C)C)c(C#N)cnc12)c1cn(C2(C(F)(F)F)CC2)nn1. The molecule has 3 heterocycles. The van der Waals surface area contributed by atoms with E-state index in [1.807, 2.05) is 25.1 Å². The number of benzene rings is 2. The fraction of sp³-hybridized carbons (Fsp3) is 0.333. The molecular weight excluding hydrogens is 593 g/mol. The number of hydrogen-bond acceptors (Lipinski definition) is 8. The minimum atomic E-state index is -4.48. The van der Waals surface area contributed by atoms with Crippen molar-refractivity contribution in [3.8, 4) is 23.3 Å². The van der Waals surface area contributed by atoms with E-state index in [-0.39, 0.29) is 24.0 Å². The van der Waals surface area contributed by atoms with Gasteiger partial charge in [0.25, 0.3) is 0 Å². The highest BCUT2D eigenvalue weighted by atomic mass is 19.4. The molecule has 3 N–H and O–H groups in total. The lowest BCUT2D eigenvalue weighted by Gasteiger charge is -2.24. The van der Waals surface area contributed by atoms with Crippen molar-refractivity contribution in [3.63, 3.8) is 0 Å². The van der Waals surface area contributed by atoms with Crippen molar-refractivity contribution in [2.75, 3.05) is 17.2 Å². The number of rotatable bonds is 8. The number of aromatic nitrogens is 6. The van der Waals surface area contributed by atoms with E-state index in [1.54, 1.807) is 24.5 Å². The Morgan fingerprint density at radius 3 is 2.52 bits per heavy atom. The molecule has 6 rings (SSSR count). The summed E-state index contributed by atoms with van der Waals surface area (Å²) in [6, 6.07) is 12.6. The number of hydrogen-bond donors (Lipinski definition) is 3. The zero-order valence-corrected chi connectivity index (χ0v) is 25.7. The van der Waals surface area contributed by atoms with Crippen LogP contribution in [0.2, 0.25) is 0 Å². The summed E-state index contributed by atoms with van der Waals surface area (Å²) >= 11 is 0. The van der Waals surface area contributed by atoms with Crippen molar-refractivity contribution in [3.05, 3.63) is 83.1 Å². The summed E-state index contributed by atoms with van der Waals surface area (Å²) < 4.78 is 43.1. The van der Waals surface area contributed by atoms with Crippen LogP contribution >= 0.6 is 0 Å². The van der Waals surface area contributed by atoms with Gasteiger partial charge in [0.05, 0.1) is 52.5 Å². The standard InChI is InChI=1S/C33H31F3N10/c1-19-23(22-15-41-42-16-22)6-5-7-24(19)30(27-17-46(45-44-27)32(8-9-32)33(34,35)36)43-26-11-20(12-37)10-25-28(40-18-31(2,3)4)21(13-38)14-39-29(25)26/h5-7,10-11,14-17,30,43H,8-9,18H2,1-4H3,(H,39,40)(H,41,42)/t30-/m0/s1. The highest BCUT2D eigenvalue weighted by Crippen LogP contribution is 2.55. The Morgan fingerprint density at radius 2 is 1.89 bits per heavy atom. The van der Waals surface area contributed by atoms with Gasteiger partial charge in [0.2, 0.25) is 0 Å². The molecule has 0 unspecified atom stereocenters.